The van der Waals surface area contributed by atoms with Gasteiger partial charge in [-0.2, -0.15) is 4.68 Å². The van der Waals surface area contributed by atoms with Gasteiger partial charge in [0, 0.05) is 16.3 Å². The normalized spacial score (nSPS) is 16.3. The number of tetrazole rings is 1. The van der Waals surface area contributed by atoms with E-state index in [1.807, 2.05) is 55.6 Å². The third kappa shape index (κ3) is 2.80. The van der Waals surface area contributed by atoms with Crippen LogP contribution in [0.2, 0.25) is 0 Å². The molecule has 1 aliphatic heterocycles. The van der Waals surface area contributed by atoms with Gasteiger partial charge >= 0.3 is 0 Å². The zero-order chi connectivity index (χ0) is 17.4. The fourth-order valence-corrected chi connectivity index (χ4v) is 3.76. The van der Waals surface area contributed by atoms with Crippen molar-refractivity contribution in [2.24, 2.45) is 0 Å². The number of anilines is 2. The maximum absolute atomic E-state index is 13.0. The molecule has 1 atom stereocenters. The number of amides is 1. The second kappa shape index (κ2) is 6.14. The highest BCUT2D eigenvalue weighted by Crippen LogP contribution is 2.36. The molecule has 0 radical (unpaired) electrons. The van der Waals surface area contributed by atoms with Crippen LogP contribution in [0.1, 0.15) is 23.4 Å². The highest BCUT2D eigenvalue weighted by atomic mass is 32.1. The molecule has 0 saturated heterocycles. The second-order valence-corrected chi connectivity index (χ2v) is 6.83. The highest BCUT2D eigenvalue weighted by molar-refractivity contribution is 7.10. The lowest BCUT2D eigenvalue weighted by molar-refractivity contribution is -0.113. The van der Waals surface area contributed by atoms with E-state index >= 15 is 0 Å². The molecule has 1 amide bonds. The van der Waals surface area contributed by atoms with Crippen LogP contribution in [0.15, 0.2) is 53.0 Å². The van der Waals surface area contributed by atoms with Crippen LogP contribution < -0.4 is 10.6 Å². The van der Waals surface area contributed by atoms with Gasteiger partial charge in [0.1, 0.15) is 6.04 Å². The number of hydrogen-bond acceptors (Lipinski definition) is 6. The second-order valence-electron chi connectivity index (χ2n) is 5.85. The Bertz CT molecular complexity index is 959. The summed E-state index contributed by atoms with van der Waals surface area (Å²) >= 11 is 1.57. The molecule has 4 rings (SSSR count). The molecule has 2 aromatic heterocycles. The summed E-state index contributed by atoms with van der Waals surface area (Å²) in [6, 6.07) is 11.3. The average Bonchev–Trinajstić information content (AvgIpc) is 3.24. The van der Waals surface area contributed by atoms with Crippen molar-refractivity contribution in [3.63, 3.8) is 0 Å². The van der Waals surface area contributed by atoms with Crippen molar-refractivity contribution in [3.05, 3.63) is 63.5 Å². The molecule has 0 fully saturated rings. The van der Waals surface area contributed by atoms with Crippen molar-refractivity contribution in [2.75, 3.05) is 10.6 Å². The van der Waals surface area contributed by atoms with Gasteiger partial charge in [-0.15, -0.1) is 11.3 Å². The largest absolute Gasteiger partial charge is 0.326 e. The molecule has 2 N–H and O–H groups in total. The fourth-order valence-electron chi connectivity index (χ4n) is 2.94. The summed E-state index contributed by atoms with van der Waals surface area (Å²) in [4.78, 5) is 14.0. The number of rotatable bonds is 3. The van der Waals surface area contributed by atoms with Crippen LogP contribution in [-0.4, -0.2) is 26.1 Å². The topological polar surface area (TPSA) is 84.7 Å². The molecule has 1 aliphatic rings. The number of carbonyl (C=O) groups excluding carboxylic acids is 1. The summed E-state index contributed by atoms with van der Waals surface area (Å²) in [6.45, 7) is 3.86. The first kappa shape index (κ1) is 15.5. The molecule has 0 aliphatic carbocycles. The van der Waals surface area contributed by atoms with E-state index in [-0.39, 0.29) is 11.9 Å². The third-order valence-electron chi connectivity index (χ3n) is 4.05. The van der Waals surface area contributed by atoms with Gasteiger partial charge in [-0.1, -0.05) is 23.3 Å². The number of aromatic nitrogens is 4. The van der Waals surface area contributed by atoms with E-state index in [1.54, 1.807) is 16.0 Å². The average molecular weight is 352 g/mol. The summed E-state index contributed by atoms with van der Waals surface area (Å²) in [5.74, 6) is 0.359. The van der Waals surface area contributed by atoms with Crippen LogP contribution in [0.5, 0.6) is 0 Å². The first-order valence-corrected chi connectivity index (χ1v) is 8.68. The van der Waals surface area contributed by atoms with E-state index in [9.17, 15) is 4.79 Å². The number of thiophene rings is 1. The van der Waals surface area contributed by atoms with Crippen LogP contribution in [0.4, 0.5) is 11.6 Å². The number of allylic oxidation sites excluding steroid dienone is 1. The Balaban J connectivity index is 1.74. The monoisotopic (exact) mass is 352 g/mol. The van der Waals surface area contributed by atoms with Gasteiger partial charge in [-0.05, 0) is 53.4 Å². The molecule has 1 aromatic carbocycles. The molecule has 1 unspecified atom stereocenters. The Morgan fingerprint density at radius 3 is 2.92 bits per heavy atom. The minimum absolute atomic E-state index is 0.171. The van der Waals surface area contributed by atoms with Crippen molar-refractivity contribution in [3.8, 4) is 0 Å². The first-order valence-electron chi connectivity index (χ1n) is 7.80. The molecule has 25 heavy (non-hydrogen) atoms. The van der Waals surface area contributed by atoms with Crippen LogP contribution >= 0.6 is 11.3 Å². The zero-order valence-electron chi connectivity index (χ0n) is 13.7. The molecule has 0 bridgehead atoms. The summed E-state index contributed by atoms with van der Waals surface area (Å²) in [5.41, 5.74) is 3.19. The fraction of sp³-hybridized carbons (Fsp3) is 0.176. The predicted molar refractivity (Wildman–Crippen MR) is 96.4 cm³/mol. The van der Waals surface area contributed by atoms with Crippen LogP contribution in [0.25, 0.3) is 0 Å². The van der Waals surface area contributed by atoms with Crippen molar-refractivity contribution in [2.45, 2.75) is 19.9 Å². The summed E-state index contributed by atoms with van der Waals surface area (Å²) in [6.07, 6.45) is 0. The molecule has 8 heteroatoms. The van der Waals surface area contributed by atoms with E-state index < -0.39 is 0 Å². The van der Waals surface area contributed by atoms with Crippen molar-refractivity contribution < 1.29 is 4.79 Å². The van der Waals surface area contributed by atoms with Gasteiger partial charge in [-0.25, -0.2) is 0 Å². The first-order chi connectivity index (χ1) is 12.1. The van der Waals surface area contributed by atoms with Crippen LogP contribution in [0.3, 0.4) is 0 Å². The van der Waals surface area contributed by atoms with Gasteiger partial charge in [0.15, 0.2) is 0 Å². The Kier molecular flexibility index (Phi) is 3.81. The Morgan fingerprint density at radius 2 is 2.16 bits per heavy atom. The van der Waals surface area contributed by atoms with Crippen molar-refractivity contribution >= 4 is 28.9 Å². The number of benzene rings is 1. The maximum atomic E-state index is 13.0. The van der Waals surface area contributed by atoms with Gasteiger partial charge < -0.3 is 10.6 Å². The summed E-state index contributed by atoms with van der Waals surface area (Å²) in [7, 11) is 0. The molecule has 0 saturated carbocycles. The van der Waals surface area contributed by atoms with Crippen molar-refractivity contribution in [1.29, 1.82) is 0 Å². The molecule has 3 aromatic rings. The van der Waals surface area contributed by atoms with E-state index in [0.29, 0.717) is 11.5 Å². The number of carbonyl (C=O) groups is 1. The highest BCUT2D eigenvalue weighted by Gasteiger charge is 2.34. The van der Waals surface area contributed by atoms with E-state index in [0.717, 1.165) is 21.8 Å². The predicted octanol–water partition coefficient (Wildman–Crippen LogP) is 2.97. The van der Waals surface area contributed by atoms with E-state index in [4.69, 9.17) is 0 Å². The van der Waals surface area contributed by atoms with Gasteiger partial charge in [0.05, 0.1) is 5.57 Å². The number of fused-ring (bicyclic) bond motifs is 1. The van der Waals surface area contributed by atoms with Crippen LogP contribution in [-0.2, 0) is 4.79 Å². The molecule has 0 spiro atoms. The SMILES string of the molecule is CC1=C(C(=O)Nc2cccc(C)c2)C(c2cccs2)n2nnnc2N1. The molecule has 7 nitrogen and oxygen atoms in total. The Morgan fingerprint density at radius 1 is 1.28 bits per heavy atom. The molecular formula is C17H16N6OS. The third-order valence-corrected chi connectivity index (χ3v) is 4.97. The smallest absolute Gasteiger partial charge is 0.255 e. The molecule has 126 valence electrons. The minimum Gasteiger partial charge on any atom is -0.326 e. The standard InChI is InChI=1S/C17H16N6OS/c1-10-5-3-6-12(9-10)19-16(24)14-11(2)18-17-20-21-22-23(17)15(14)13-7-4-8-25-13/h3-9,15H,1-2H3,(H,19,24)(H,18,20,22). The van der Waals surface area contributed by atoms with Crippen molar-refractivity contribution in [1.82, 2.24) is 20.2 Å². The lowest BCUT2D eigenvalue weighted by atomic mass is 10.0. The molecule has 3 heterocycles. The maximum Gasteiger partial charge on any atom is 0.255 e. The van der Waals surface area contributed by atoms with Gasteiger partial charge in [-0.3, -0.25) is 4.79 Å². The Labute approximate surface area is 148 Å². The van der Waals surface area contributed by atoms with E-state index in [2.05, 4.69) is 26.2 Å². The van der Waals surface area contributed by atoms with Crippen LogP contribution in [0, 0.1) is 6.92 Å². The lowest BCUT2D eigenvalue weighted by Gasteiger charge is -2.27. The minimum atomic E-state index is -0.351. The zero-order valence-corrected chi connectivity index (χ0v) is 14.5. The number of aryl methyl sites for hydroxylation is 1. The number of nitrogens with zero attached hydrogens (tertiary/aromatic N) is 4. The quantitative estimate of drug-likeness (QED) is 0.757. The summed E-state index contributed by atoms with van der Waals surface area (Å²) < 4.78 is 1.64. The lowest BCUT2D eigenvalue weighted by Crippen LogP contribution is -2.31. The molecular weight excluding hydrogens is 336 g/mol. The Hall–Kier alpha value is -3.00. The summed E-state index contributed by atoms with van der Waals surface area (Å²) in [5, 5.41) is 19.9. The number of hydrogen-bond donors (Lipinski definition) is 2. The van der Waals surface area contributed by atoms with E-state index in [1.165, 1.54) is 0 Å². The number of nitrogens with one attached hydrogen (secondary N) is 2. The van der Waals surface area contributed by atoms with Gasteiger partial charge in [0.2, 0.25) is 5.95 Å². The van der Waals surface area contributed by atoms with Gasteiger partial charge in [0.25, 0.3) is 5.91 Å².